The van der Waals surface area contributed by atoms with Crippen molar-refractivity contribution >= 4 is 41.0 Å². The third-order valence-electron chi connectivity index (χ3n) is 4.49. The number of hydrogen-bond donors (Lipinski definition) is 3. The van der Waals surface area contributed by atoms with Crippen LogP contribution in [0.5, 0.6) is 11.5 Å². The van der Waals surface area contributed by atoms with E-state index in [1.165, 1.54) is 36.5 Å². The third-order valence-corrected chi connectivity index (χ3v) is 4.79. The number of nitrogens with zero attached hydrogens (tertiary/aromatic N) is 2. The van der Waals surface area contributed by atoms with E-state index in [-0.39, 0.29) is 39.0 Å². The number of rotatable bonds is 8. The number of carbonyl (C=O) groups is 2. The number of aromatic hydroxyl groups is 1. The first-order valence-electron chi connectivity index (χ1n) is 9.93. The Morgan fingerprint density at radius 2 is 1.91 bits per heavy atom. The highest BCUT2D eigenvalue weighted by Crippen LogP contribution is 2.27. The largest absolute Gasteiger partial charge is 0.504 e. The molecule has 174 valence electrons. The van der Waals surface area contributed by atoms with Gasteiger partial charge in [0.25, 0.3) is 17.5 Å². The Kier molecular flexibility index (Phi) is 7.78. The number of nitro benzene ring substituents is 1. The van der Waals surface area contributed by atoms with Gasteiger partial charge in [-0.05, 0) is 55.0 Å². The van der Waals surface area contributed by atoms with Gasteiger partial charge in [-0.1, -0.05) is 23.7 Å². The van der Waals surface area contributed by atoms with Crippen LogP contribution in [0.2, 0.25) is 5.02 Å². The van der Waals surface area contributed by atoms with Crippen LogP contribution >= 0.6 is 11.6 Å². The summed E-state index contributed by atoms with van der Waals surface area (Å²) in [5.41, 5.74) is 3.07. The van der Waals surface area contributed by atoms with E-state index in [1.807, 2.05) is 0 Å². The van der Waals surface area contributed by atoms with Gasteiger partial charge in [0, 0.05) is 11.6 Å². The second-order valence-corrected chi connectivity index (χ2v) is 7.19. The lowest BCUT2D eigenvalue weighted by Crippen LogP contribution is -2.21. The molecule has 11 heteroatoms. The minimum absolute atomic E-state index is 0.0120. The maximum Gasteiger partial charge on any atom is 0.287 e. The van der Waals surface area contributed by atoms with Crippen LogP contribution in [0.1, 0.15) is 33.2 Å². The highest BCUT2D eigenvalue weighted by Gasteiger charge is 2.17. The number of amides is 2. The Balaban J connectivity index is 1.72. The first-order chi connectivity index (χ1) is 16.3. The van der Waals surface area contributed by atoms with Gasteiger partial charge in [-0.2, -0.15) is 5.10 Å². The van der Waals surface area contributed by atoms with Crippen LogP contribution < -0.4 is 15.5 Å². The van der Waals surface area contributed by atoms with E-state index in [1.54, 1.807) is 31.2 Å². The van der Waals surface area contributed by atoms with E-state index in [2.05, 4.69) is 15.8 Å². The van der Waals surface area contributed by atoms with Crippen molar-refractivity contribution in [3.8, 4) is 11.5 Å². The summed E-state index contributed by atoms with van der Waals surface area (Å²) in [6.07, 6.45) is 1.37. The zero-order chi connectivity index (χ0) is 24.7. The minimum atomic E-state index is -0.653. The molecule has 0 aromatic heterocycles. The van der Waals surface area contributed by atoms with Gasteiger partial charge in [0.1, 0.15) is 5.02 Å². The Hall–Kier alpha value is -4.44. The fraction of sp³-hybridized carbons (Fsp3) is 0.0870. The number of nitro groups is 1. The number of carbonyl (C=O) groups excluding carboxylic acids is 2. The van der Waals surface area contributed by atoms with E-state index in [0.29, 0.717) is 12.2 Å². The molecule has 0 spiro atoms. The molecule has 0 radical (unpaired) electrons. The molecule has 0 aliphatic carbocycles. The average molecular weight is 483 g/mol. The van der Waals surface area contributed by atoms with Gasteiger partial charge < -0.3 is 15.2 Å². The molecule has 0 unspecified atom stereocenters. The summed E-state index contributed by atoms with van der Waals surface area (Å²) in [6, 6.07) is 14.4. The van der Waals surface area contributed by atoms with Gasteiger partial charge in [-0.15, -0.1) is 0 Å². The number of phenols is 1. The lowest BCUT2D eigenvalue weighted by atomic mass is 10.1. The molecular formula is C23H19ClN4O6. The van der Waals surface area contributed by atoms with Crippen molar-refractivity contribution in [3.05, 3.63) is 92.5 Å². The van der Waals surface area contributed by atoms with Crippen molar-refractivity contribution in [2.75, 3.05) is 11.9 Å². The molecule has 34 heavy (non-hydrogen) atoms. The monoisotopic (exact) mass is 482 g/mol. The summed E-state index contributed by atoms with van der Waals surface area (Å²) in [4.78, 5) is 35.5. The number of benzene rings is 3. The molecule has 0 fully saturated rings. The average Bonchev–Trinajstić information content (AvgIpc) is 2.81. The van der Waals surface area contributed by atoms with Crippen LogP contribution in [-0.4, -0.2) is 34.7 Å². The Morgan fingerprint density at radius 1 is 1.15 bits per heavy atom. The summed E-state index contributed by atoms with van der Waals surface area (Å²) < 4.78 is 5.31. The molecule has 2 amide bonds. The molecule has 0 bridgehead atoms. The van der Waals surface area contributed by atoms with Crippen LogP contribution in [0.15, 0.2) is 65.8 Å². The maximum absolute atomic E-state index is 12.6. The van der Waals surface area contributed by atoms with Crippen LogP contribution in [0.3, 0.4) is 0 Å². The Bertz CT molecular complexity index is 1280. The highest BCUT2D eigenvalue weighted by atomic mass is 35.5. The van der Waals surface area contributed by atoms with Gasteiger partial charge in [-0.3, -0.25) is 19.7 Å². The predicted octanol–water partition coefficient (Wildman–Crippen LogP) is 4.37. The van der Waals surface area contributed by atoms with E-state index < -0.39 is 16.7 Å². The number of anilines is 1. The molecule has 10 nitrogen and oxygen atoms in total. The maximum atomic E-state index is 12.6. The van der Waals surface area contributed by atoms with E-state index in [0.717, 1.165) is 6.07 Å². The summed E-state index contributed by atoms with van der Waals surface area (Å²) in [7, 11) is 0. The second-order valence-electron chi connectivity index (χ2n) is 6.78. The number of ether oxygens (including phenoxy) is 1. The molecule has 3 aromatic carbocycles. The molecule has 0 saturated heterocycles. The lowest BCUT2D eigenvalue weighted by Gasteiger charge is -2.10. The molecule has 0 heterocycles. The molecule has 0 aliphatic rings. The number of hydrogen-bond acceptors (Lipinski definition) is 7. The summed E-state index contributed by atoms with van der Waals surface area (Å²) in [5, 5.41) is 27.0. The second kappa shape index (κ2) is 10.9. The minimum Gasteiger partial charge on any atom is -0.504 e. The van der Waals surface area contributed by atoms with Crippen molar-refractivity contribution in [1.82, 2.24) is 5.43 Å². The van der Waals surface area contributed by atoms with Gasteiger partial charge in [0.05, 0.1) is 29.0 Å². The third kappa shape index (κ3) is 5.87. The van der Waals surface area contributed by atoms with Gasteiger partial charge >= 0.3 is 0 Å². The van der Waals surface area contributed by atoms with E-state index in [4.69, 9.17) is 16.3 Å². The van der Waals surface area contributed by atoms with Crippen molar-refractivity contribution in [2.24, 2.45) is 5.10 Å². The Labute approximate surface area is 199 Å². The molecule has 3 N–H and O–H groups in total. The quantitative estimate of drug-likeness (QED) is 0.247. The molecular weight excluding hydrogens is 464 g/mol. The molecule has 0 atom stereocenters. The van der Waals surface area contributed by atoms with Crippen molar-refractivity contribution in [2.45, 2.75) is 6.92 Å². The summed E-state index contributed by atoms with van der Waals surface area (Å²) >= 11 is 5.87. The number of nitrogens with one attached hydrogen (secondary N) is 2. The zero-order valence-electron chi connectivity index (χ0n) is 17.8. The fourth-order valence-corrected chi connectivity index (χ4v) is 3.14. The number of halogens is 1. The van der Waals surface area contributed by atoms with Crippen molar-refractivity contribution in [3.63, 3.8) is 0 Å². The highest BCUT2D eigenvalue weighted by molar-refractivity contribution is 6.33. The first-order valence-corrected chi connectivity index (χ1v) is 10.3. The lowest BCUT2D eigenvalue weighted by molar-refractivity contribution is -0.384. The van der Waals surface area contributed by atoms with Crippen molar-refractivity contribution in [1.29, 1.82) is 0 Å². The molecule has 3 aromatic rings. The van der Waals surface area contributed by atoms with E-state index in [9.17, 15) is 24.8 Å². The van der Waals surface area contributed by atoms with Crippen LogP contribution in [0, 0.1) is 10.1 Å². The zero-order valence-corrected chi connectivity index (χ0v) is 18.6. The van der Waals surface area contributed by atoms with Crippen LogP contribution in [-0.2, 0) is 0 Å². The summed E-state index contributed by atoms with van der Waals surface area (Å²) in [6.45, 7) is 2.16. The predicted molar refractivity (Wildman–Crippen MR) is 127 cm³/mol. The molecule has 0 saturated carbocycles. The van der Waals surface area contributed by atoms with Crippen LogP contribution in [0.4, 0.5) is 11.4 Å². The standard InChI is InChI=1S/C23H19ClN4O6/c1-2-34-21-11-14(7-10-20(21)29)13-25-27-23(31)16-5-3-4-6-18(16)26-22(30)15-8-9-19(28(32)33)17(24)12-15/h3-13,29H,2H2,1H3,(H,26,30)(H,27,31). The molecule has 0 aliphatic heterocycles. The number of phenolic OH excluding ortho intramolecular Hbond substituents is 1. The number of hydrazone groups is 1. The Morgan fingerprint density at radius 3 is 2.62 bits per heavy atom. The van der Waals surface area contributed by atoms with Gasteiger partial charge in [0.2, 0.25) is 0 Å². The topological polar surface area (TPSA) is 143 Å². The fourth-order valence-electron chi connectivity index (χ4n) is 2.89. The SMILES string of the molecule is CCOc1cc(C=NNC(=O)c2ccccc2NC(=O)c2ccc([N+](=O)[O-])c(Cl)c2)ccc1O. The van der Waals surface area contributed by atoms with Gasteiger partial charge in [0.15, 0.2) is 11.5 Å². The smallest absolute Gasteiger partial charge is 0.287 e. The number of para-hydroxylation sites is 1. The molecule has 3 rings (SSSR count). The van der Waals surface area contributed by atoms with Gasteiger partial charge in [-0.25, -0.2) is 5.43 Å². The first kappa shape index (κ1) is 24.2. The normalized spacial score (nSPS) is 10.6. The summed E-state index contributed by atoms with van der Waals surface area (Å²) in [5.74, 6) is -0.912. The van der Waals surface area contributed by atoms with Crippen molar-refractivity contribution < 1.29 is 24.4 Å². The van der Waals surface area contributed by atoms with Crippen LogP contribution in [0.25, 0.3) is 0 Å². The van der Waals surface area contributed by atoms with E-state index >= 15 is 0 Å².